The first kappa shape index (κ1) is 14.7. The largest absolute Gasteiger partial charge is 0.375 e. The molecule has 0 aromatic carbocycles. The number of nitrogens with zero attached hydrogens (tertiary/aromatic N) is 2. The highest BCUT2D eigenvalue weighted by molar-refractivity contribution is 7.80. The Kier molecular flexibility index (Phi) is 8.26. The fraction of sp³-hybridized carbons (Fsp3) is 0.500. The summed E-state index contributed by atoms with van der Waals surface area (Å²) in [5, 5.41) is 8.01. The van der Waals surface area contributed by atoms with Crippen LogP contribution in [0.25, 0.3) is 0 Å². The van der Waals surface area contributed by atoms with Crippen molar-refractivity contribution in [2.75, 3.05) is 0 Å². The highest BCUT2D eigenvalue weighted by Crippen LogP contribution is 1.95. The number of thiocarbonyl (C=S) groups is 2. The molecule has 6 nitrogen and oxygen atoms in total. The molecule has 6 N–H and O–H groups in total. The van der Waals surface area contributed by atoms with Gasteiger partial charge >= 0.3 is 0 Å². The van der Waals surface area contributed by atoms with Crippen molar-refractivity contribution in [3.63, 3.8) is 0 Å². The van der Waals surface area contributed by atoms with Crippen LogP contribution in [0.3, 0.4) is 0 Å². The maximum absolute atomic E-state index is 5.26. The maximum Gasteiger partial charge on any atom is 0.184 e. The van der Waals surface area contributed by atoms with Crippen molar-refractivity contribution in [2.24, 2.45) is 21.7 Å². The van der Waals surface area contributed by atoms with Gasteiger partial charge in [-0.25, -0.2) is 0 Å². The van der Waals surface area contributed by atoms with E-state index < -0.39 is 0 Å². The van der Waals surface area contributed by atoms with Crippen LogP contribution in [0.5, 0.6) is 0 Å². The van der Waals surface area contributed by atoms with E-state index in [2.05, 4.69) is 52.4 Å². The molecule has 0 radical (unpaired) electrons. The molecule has 8 heteroatoms. The van der Waals surface area contributed by atoms with Gasteiger partial charge in [-0.05, 0) is 37.3 Å². The van der Waals surface area contributed by atoms with Crippen molar-refractivity contribution in [3.05, 3.63) is 0 Å². The second-order valence-corrected chi connectivity index (χ2v) is 3.80. The second-order valence-electron chi connectivity index (χ2n) is 2.92. The van der Waals surface area contributed by atoms with Crippen molar-refractivity contribution in [1.29, 1.82) is 0 Å². The molecule has 0 atom stereocenters. The topological polar surface area (TPSA) is 101 Å². The first-order valence-corrected chi connectivity index (χ1v) is 5.58. The molecule has 0 unspecified atom stereocenters. The molecule has 0 aromatic heterocycles. The predicted octanol–water partition coefficient (Wildman–Crippen LogP) is 0.185. The highest BCUT2D eigenvalue weighted by Gasteiger charge is 1.96. The minimum atomic E-state index is 0.105. The summed E-state index contributed by atoms with van der Waals surface area (Å²) >= 11 is 9.24. The van der Waals surface area contributed by atoms with E-state index in [4.69, 9.17) is 11.5 Å². The van der Waals surface area contributed by atoms with Gasteiger partial charge in [0.25, 0.3) is 0 Å². The van der Waals surface area contributed by atoms with Crippen molar-refractivity contribution >= 4 is 46.6 Å². The summed E-state index contributed by atoms with van der Waals surface area (Å²) in [5.41, 5.74) is 16.1. The van der Waals surface area contributed by atoms with E-state index >= 15 is 0 Å². The monoisotopic (exact) mass is 260 g/mol. The first-order valence-electron chi connectivity index (χ1n) is 4.76. The highest BCUT2D eigenvalue weighted by atomic mass is 32.1. The average Bonchev–Trinajstić information content (AvgIpc) is 2.20. The van der Waals surface area contributed by atoms with E-state index in [9.17, 15) is 0 Å². The normalized spacial score (nSPS) is 11.4. The lowest BCUT2D eigenvalue weighted by Gasteiger charge is -2.01. The van der Waals surface area contributed by atoms with Crippen LogP contribution in [0.15, 0.2) is 10.2 Å². The molecule has 16 heavy (non-hydrogen) atoms. The molecule has 90 valence electrons. The number of hydrogen-bond donors (Lipinski definition) is 4. The predicted molar refractivity (Wildman–Crippen MR) is 75.3 cm³/mol. The quantitative estimate of drug-likeness (QED) is 0.309. The summed E-state index contributed by atoms with van der Waals surface area (Å²) in [6.45, 7) is 2.09. The van der Waals surface area contributed by atoms with Gasteiger partial charge in [-0.3, -0.25) is 10.9 Å². The second kappa shape index (κ2) is 8.98. The number of unbranched alkanes of at least 4 members (excludes halogenated alkanes) is 1. The third-order valence-corrected chi connectivity index (χ3v) is 1.67. The summed E-state index contributed by atoms with van der Waals surface area (Å²) in [6, 6.07) is 0. The van der Waals surface area contributed by atoms with Crippen molar-refractivity contribution in [3.8, 4) is 0 Å². The van der Waals surface area contributed by atoms with Gasteiger partial charge in [-0.2, -0.15) is 10.2 Å². The van der Waals surface area contributed by atoms with Gasteiger partial charge in [-0.15, -0.1) is 0 Å². The molecule has 0 bridgehead atoms. The van der Waals surface area contributed by atoms with Gasteiger partial charge in [0.2, 0.25) is 0 Å². The Labute approximate surface area is 106 Å². The molecule has 0 saturated carbocycles. The van der Waals surface area contributed by atoms with Crippen LogP contribution in [-0.4, -0.2) is 22.2 Å². The molecule has 0 aliphatic carbocycles. The number of nitrogens with two attached hydrogens (primary N) is 2. The summed E-state index contributed by atoms with van der Waals surface area (Å²) in [4.78, 5) is 0. The third kappa shape index (κ3) is 9.28. The van der Waals surface area contributed by atoms with E-state index in [1.54, 1.807) is 0 Å². The van der Waals surface area contributed by atoms with Gasteiger partial charge in [-0.1, -0.05) is 13.3 Å². The minimum Gasteiger partial charge on any atom is -0.375 e. The van der Waals surface area contributed by atoms with E-state index in [0.29, 0.717) is 0 Å². The number of hydrogen-bond acceptors (Lipinski definition) is 4. The molecule has 0 saturated heterocycles. The van der Waals surface area contributed by atoms with Gasteiger partial charge < -0.3 is 11.5 Å². The Morgan fingerprint density at radius 1 is 1.25 bits per heavy atom. The standard InChI is InChI=1S/C8H16N6S2/c1-2-3-4-6(12-14-8(10)16)5-11-13-7(9)15/h5H,2-4H2,1H3,(H3,9,13,15)(H3,10,14,16)/b11-5-,12-6-. The maximum atomic E-state index is 5.26. The first-order chi connectivity index (χ1) is 7.56. The number of nitrogens with one attached hydrogen (secondary N) is 2. The van der Waals surface area contributed by atoms with E-state index in [-0.39, 0.29) is 10.2 Å². The van der Waals surface area contributed by atoms with Crippen molar-refractivity contribution < 1.29 is 0 Å². The SMILES string of the molecule is CCCCC(/C=N\NC(N)=S)=N/NC(N)=S. The van der Waals surface area contributed by atoms with Crippen molar-refractivity contribution in [1.82, 2.24) is 10.9 Å². The van der Waals surface area contributed by atoms with Gasteiger partial charge in [0.05, 0.1) is 11.9 Å². The summed E-state index contributed by atoms with van der Waals surface area (Å²) in [7, 11) is 0. The molecule has 0 aliphatic rings. The zero-order valence-electron chi connectivity index (χ0n) is 9.06. The molecule has 0 amide bonds. The van der Waals surface area contributed by atoms with Crippen LogP contribution < -0.4 is 22.3 Å². The van der Waals surface area contributed by atoms with E-state index in [1.165, 1.54) is 6.21 Å². The summed E-state index contributed by atoms with van der Waals surface area (Å²) in [5.74, 6) is 0. The molecule has 0 aromatic rings. The van der Waals surface area contributed by atoms with Crippen LogP contribution in [0.2, 0.25) is 0 Å². The Morgan fingerprint density at radius 2 is 1.88 bits per heavy atom. The number of rotatable bonds is 6. The smallest absolute Gasteiger partial charge is 0.184 e. The molecule has 0 aliphatic heterocycles. The third-order valence-electron chi connectivity index (χ3n) is 1.48. The van der Waals surface area contributed by atoms with E-state index in [0.717, 1.165) is 25.0 Å². The fourth-order valence-corrected chi connectivity index (χ4v) is 0.903. The van der Waals surface area contributed by atoms with Gasteiger partial charge in [0.15, 0.2) is 10.2 Å². The van der Waals surface area contributed by atoms with Crippen LogP contribution in [0.1, 0.15) is 26.2 Å². The Hall–Kier alpha value is -1.28. The molecule has 0 spiro atoms. The van der Waals surface area contributed by atoms with Gasteiger partial charge in [0.1, 0.15) is 0 Å². The van der Waals surface area contributed by atoms with Crippen molar-refractivity contribution in [2.45, 2.75) is 26.2 Å². The van der Waals surface area contributed by atoms with Crippen LogP contribution in [-0.2, 0) is 0 Å². The summed E-state index contributed by atoms with van der Waals surface area (Å²) in [6.07, 6.45) is 4.36. The zero-order chi connectivity index (χ0) is 12.4. The molecular weight excluding hydrogens is 244 g/mol. The number of hydrazone groups is 2. The van der Waals surface area contributed by atoms with Crippen LogP contribution in [0.4, 0.5) is 0 Å². The summed E-state index contributed by atoms with van der Waals surface area (Å²) < 4.78 is 0. The minimum absolute atomic E-state index is 0.105. The lowest BCUT2D eigenvalue weighted by atomic mass is 10.2. The molecule has 0 heterocycles. The Balaban J connectivity index is 4.29. The lowest BCUT2D eigenvalue weighted by molar-refractivity contribution is 0.832. The Morgan fingerprint density at radius 3 is 2.38 bits per heavy atom. The van der Waals surface area contributed by atoms with E-state index in [1.807, 2.05) is 0 Å². The molecule has 0 rings (SSSR count). The molecular formula is C8H16N6S2. The Bertz CT molecular complexity index is 299. The van der Waals surface area contributed by atoms with Crippen LogP contribution >= 0.6 is 24.4 Å². The lowest BCUT2D eigenvalue weighted by Crippen LogP contribution is -2.27. The fourth-order valence-electron chi connectivity index (χ4n) is 0.805. The average molecular weight is 260 g/mol. The van der Waals surface area contributed by atoms with Crippen LogP contribution in [0, 0.1) is 0 Å². The molecule has 0 fully saturated rings. The zero-order valence-corrected chi connectivity index (χ0v) is 10.7. The van der Waals surface area contributed by atoms with Gasteiger partial charge in [0, 0.05) is 0 Å².